The van der Waals surface area contributed by atoms with Crippen molar-refractivity contribution in [2.75, 3.05) is 7.11 Å². The molecule has 1 saturated carbocycles. The first-order valence-corrected chi connectivity index (χ1v) is 10.1. The number of aromatic nitrogens is 1. The lowest BCUT2D eigenvalue weighted by Crippen LogP contribution is -2.42. The Balaban J connectivity index is 1.76. The van der Waals surface area contributed by atoms with Crippen LogP contribution in [0.15, 0.2) is 47.4 Å². The maximum atomic E-state index is 13.1. The van der Waals surface area contributed by atoms with Gasteiger partial charge in [-0.25, -0.2) is 0 Å². The minimum atomic E-state index is -0.344. The molecule has 2 aromatic rings. The Morgan fingerprint density at radius 2 is 1.76 bits per heavy atom. The number of benzene rings is 1. The number of nitrogens with one attached hydrogen (secondary N) is 1. The minimum Gasteiger partial charge on any atom is -0.469 e. The van der Waals surface area contributed by atoms with E-state index in [4.69, 9.17) is 4.74 Å². The van der Waals surface area contributed by atoms with Crippen LogP contribution in [0.2, 0.25) is 0 Å². The zero-order chi connectivity index (χ0) is 21.0. The smallest absolute Gasteiger partial charge is 0.308 e. The lowest BCUT2D eigenvalue weighted by molar-refractivity contribution is -0.146. The first-order chi connectivity index (χ1) is 13.9. The standard InChI is InChI=1S/C23H28N2O4/c1-15-13-14-25(16(2)17-7-5-4-6-8-17)22(27)20(15)21(26)24-19-11-9-18(10-12-19)23(28)29-3/h4-8,13-14,16,18-19H,9-12H2,1-3H3,(H,24,26). The number of carbonyl (C=O) groups is 2. The van der Waals surface area contributed by atoms with Crippen molar-refractivity contribution in [2.24, 2.45) is 5.92 Å². The number of hydrogen-bond donors (Lipinski definition) is 1. The van der Waals surface area contributed by atoms with Crippen molar-refractivity contribution in [1.82, 2.24) is 9.88 Å². The number of pyridine rings is 1. The summed E-state index contributed by atoms with van der Waals surface area (Å²) in [6.07, 6.45) is 4.51. The van der Waals surface area contributed by atoms with E-state index in [1.54, 1.807) is 17.7 Å². The fraction of sp³-hybridized carbons (Fsp3) is 0.435. The fourth-order valence-corrected chi connectivity index (χ4v) is 4.01. The van der Waals surface area contributed by atoms with E-state index in [0.29, 0.717) is 31.2 Å². The van der Waals surface area contributed by atoms with E-state index in [9.17, 15) is 14.4 Å². The first-order valence-electron chi connectivity index (χ1n) is 10.1. The normalized spacial score (nSPS) is 20.0. The summed E-state index contributed by atoms with van der Waals surface area (Å²) in [5.41, 5.74) is 1.56. The predicted molar refractivity (Wildman–Crippen MR) is 111 cm³/mol. The SMILES string of the molecule is COC(=O)C1CCC(NC(=O)c2c(C)ccn(C(C)c3ccccc3)c2=O)CC1. The Kier molecular flexibility index (Phi) is 6.52. The van der Waals surface area contributed by atoms with Gasteiger partial charge in [0.1, 0.15) is 5.56 Å². The molecule has 6 nitrogen and oxygen atoms in total. The molecule has 1 amide bonds. The third kappa shape index (κ3) is 4.58. The van der Waals surface area contributed by atoms with Crippen LogP contribution >= 0.6 is 0 Å². The molecular weight excluding hydrogens is 368 g/mol. The van der Waals surface area contributed by atoms with Crippen LogP contribution in [0.1, 0.15) is 60.1 Å². The molecule has 0 saturated heterocycles. The molecule has 1 heterocycles. The van der Waals surface area contributed by atoms with Gasteiger partial charge in [-0.15, -0.1) is 0 Å². The fourth-order valence-electron chi connectivity index (χ4n) is 4.01. The monoisotopic (exact) mass is 396 g/mol. The lowest BCUT2D eigenvalue weighted by atomic mass is 9.86. The maximum Gasteiger partial charge on any atom is 0.308 e. The van der Waals surface area contributed by atoms with Crippen LogP contribution in [0.3, 0.4) is 0 Å². The van der Waals surface area contributed by atoms with E-state index < -0.39 is 0 Å². The summed E-state index contributed by atoms with van der Waals surface area (Å²) in [4.78, 5) is 37.7. The molecule has 1 aromatic carbocycles. The third-order valence-electron chi connectivity index (χ3n) is 5.85. The van der Waals surface area contributed by atoms with Gasteiger partial charge in [0, 0.05) is 12.2 Å². The van der Waals surface area contributed by atoms with Crippen LogP contribution in [-0.2, 0) is 9.53 Å². The highest BCUT2D eigenvalue weighted by Crippen LogP contribution is 2.25. The summed E-state index contributed by atoms with van der Waals surface area (Å²) in [5, 5.41) is 3.00. The number of methoxy groups -OCH3 is 1. The van der Waals surface area contributed by atoms with Crippen molar-refractivity contribution >= 4 is 11.9 Å². The number of nitrogens with zero attached hydrogens (tertiary/aromatic N) is 1. The Morgan fingerprint density at radius 1 is 1.10 bits per heavy atom. The number of aryl methyl sites for hydroxylation is 1. The predicted octanol–water partition coefficient (Wildman–Crippen LogP) is 3.23. The third-order valence-corrected chi connectivity index (χ3v) is 5.85. The molecule has 154 valence electrons. The van der Waals surface area contributed by atoms with E-state index in [1.165, 1.54) is 7.11 Å². The number of hydrogen-bond acceptors (Lipinski definition) is 4. The Morgan fingerprint density at radius 3 is 2.38 bits per heavy atom. The van der Waals surface area contributed by atoms with Crippen molar-refractivity contribution in [2.45, 2.75) is 51.6 Å². The summed E-state index contributed by atoms with van der Waals surface area (Å²) >= 11 is 0. The van der Waals surface area contributed by atoms with E-state index in [-0.39, 0.29) is 41.0 Å². The van der Waals surface area contributed by atoms with E-state index in [1.807, 2.05) is 43.3 Å². The Labute approximate surface area is 170 Å². The van der Waals surface area contributed by atoms with Crippen LogP contribution in [-0.4, -0.2) is 29.6 Å². The van der Waals surface area contributed by atoms with Crippen molar-refractivity contribution in [1.29, 1.82) is 0 Å². The number of amides is 1. The number of ether oxygens (including phenoxy) is 1. The summed E-state index contributed by atoms with van der Waals surface area (Å²) in [7, 11) is 1.40. The van der Waals surface area contributed by atoms with Crippen molar-refractivity contribution in [3.05, 3.63) is 69.6 Å². The van der Waals surface area contributed by atoms with E-state index in [0.717, 1.165) is 5.56 Å². The average Bonchev–Trinajstić information content (AvgIpc) is 2.74. The topological polar surface area (TPSA) is 77.4 Å². The number of rotatable bonds is 5. The molecule has 0 spiro atoms. The van der Waals surface area contributed by atoms with Crippen LogP contribution < -0.4 is 10.9 Å². The molecule has 0 radical (unpaired) electrons. The van der Waals surface area contributed by atoms with Crippen LogP contribution in [0.25, 0.3) is 0 Å². The highest BCUT2D eigenvalue weighted by molar-refractivity contribution is 5.95. The molecule has 1 fully saturated rings. The van der Waals surface area contributed by atoms with Gasteiger partial charge in [0.2, 0.25) is 0 Å². The quantitative estimate of drug-likeness (QED) is 0.787. The molecule has 3 rings (SSSR count). The summed E-state index contributed by atoms with van der Waals surface area (Å²) in [6.45, 7) is 3.73. The Hall–Kier alpha value is -2.89. The first kappa shape index (κ1) is 20.8. The molecule has 29 heavy (non-hydrogen) atoms. The van der Waals surface area contributed by atoms with Gasteiger partial charge in [0.25, 0.3) is 11.5 Å². The highest BCUT2D eigenvalue weighted by atomic mass is 16.5. The molecular formula is C23H28N2O4. The largest absolute Gasteiger partial charge is 0.469 e. The zero-order valence-electron chi connectivity index (χ0n) is 17.2. The number of carbonyl (C=O) groups excluding carboxylic acids is 2. The minimum absolute atomic E-state index is 0.0394. The molecule has 0 bridgehead atoms. The van der Waals surface area contributed by atoms with Gasteiger partial charge in [-0.05, 0) is 56.7 Å². The molecule has 1 N–H and O–H groups in total. The molecule has 1 aliphatic rings. The summed E-state index contributed by atoms with van der Waals surface area (Å²) in [6, 6.07) is 11.3. The maximum absolute atomic E-state index is 13.1. The van der Waals surface area contributed by atoms with E-state index in [2.05, 4.69) is 5.32 Å². The van der Waals surface area contributed by atoms with Gasteiger partial charge in [0.05, 0.1) is 19.1 Å². The molecule has 0 aliphatic heterocycles. The van der Waals surface area contributed by atoms with Crippen molar-refractivity contribution in [3.63, 3.8) is 0 Å². The zero-order valence-corrected chi connectivity index (χ0v) is 17.2. The molecule has 1 aromatic heterocycles. The van der Waals surface area contributed by atoms with Gasteiger partial charge in [-0.1, -0.05) is 30.3 Å². The van der Waals surface area contributed by atoms with Crippen LogP contribution in [0.4, 0.5) is 0 Å². The van der Waals surface area contributed by atoms with Gasteiger partial charge in [0.15, 0.2) is 0 Å². The van der Waals surface area contributed by atoms with Gasteiger partial charge >= 0.3 is 5.97 Å². The van der Waals surface area contributed by atoms with Crippen LogP contribution in [0.5, 0.6) is 0 Å². The highest BCUT2D eigenvalue weighted by Gasteiger charge is 2.29. The second-order valence-corrected chi connectivity index (χ2v) is 7.72. The van der Waals surface area contributed by atoms with Crippen molar-refractivity contribution in [3.8, 4) is 0 Å². The molecule has 1 atom stereocenters. The average molecular weight is 396 g/mol. The van der Waals surface area contributed by atoms with Gasteiger partial charge < -0.3 is 14.6 Å². The molecule has 1 aliphatic carbocycles. The molecule has 1 unspecified atom stereocenters. The van der Waals surface area contributed by atoms with Gasteiger partial charge in [-0.3, -0.25) is 14.4 Å². The lowest BCUT2D eigenvalue weighted by Gasteiger charge is -2.27. The molecule has 6 heteroatoms. The summed E-state index contributed by atoms with van der Waals surface area (Å²) < 4.78 is 6.41. The van der Waals surface area contributed by atoms with Crippen molar-refractivity contribution < 1.29 is 14.3 Å². The van der Waals surface area contributed by atoms with Crippen LogP contribution in [0, 0.1) is 12.8 Å². The second-order valence-electron chi connectivity index (χ2n) is 7.72. The second kappa shape index (κ2) is 9.07. The summed E-state index contributed by atoms with van der Waals surface area (Å²) in [5.74, 6) is -0.634. The van der Waals surface area contributed by atoms with E-state index >= 15 is 0 Å². The van der Waals surface area contributed by atoms with Gasteiger partial charge in [-0.2, -0.15) is 0 Å². The number of esters is 1. The Bertz CT molecular complexity index is 928.